The summed E-state index contributed by atoms with van der Waals surface area (Å²) in [6.45, 7) is 8.03. The Morgan fingerprint density at radius 2 is 1.79 bits per heavy atom. The number of carbonyl (C=O) groups excluding carboxylic acids is 2. The highest BCUT2D eigenvalue weighted by Crippen LogP contribution is 2.24. The number of nitrogens with zero attached hydrogens (tertiary/aromatic N) is 2. The van der Waals surface area contributed by atoms with Gasteiger partial charge in [-0.3, -0.25) is 14.8 Å². The molecule has 1 aromatic heterocycles. The van der Waals surface area contributed by atoms with Crippen molar-refractivity contribution in [2.24, 2.45) is 11.8 Å². The van der Waals surface area contributed by atoms with E-state index in [4.69, 9.17) is 12.2 Å². The number of aryl methyl sites for hydroxylation is 1. The molecule has 0 unspecified atom stereocenters. The number of hydroxylamine groups is 1. The lowest BCUT2D eigenvalue weighted by Crippen LogP contribution is -2.54. The summed E-state index contributed by atoms with van der Waals surface area (Å²) < 4.78 is 1.33. The Kier molecular flexibility index (Phi) is 10.1. The maximum absolute atomic E-state index is 13.4. The summed E-state index contributed by atoms with van der Waals surface area (Å²) in [7, 11) is 0. The summed E-state index contributed by atoms with van der Waals surface area (Å²) in [4.78, 5) is 29.1. The van der Waals surface area contributed by atoms with E-state index in [2.05, 4.69) is 4.98 Å². The first-order valence-corrected chi connectivity index (χ1v) is 11.9. The molecule has 2 amide bonds. The van der Waals surface area contributed by atoms with Crippen LogP contribution in [0.5, 0.6) is 5.88 Å². The predicted octanol–water partition coefficient (Wildman–Crippen LogP) is 4.25. The number of nitrogens with one attached hydrogen (secondary N) is 2. The van der Waals surface area contributed by atoms with Crippen molar-refractivity contribution in [3.05, 3.63) is 46.4 Å². The number of hydrogen-bond acceptors (Lipinski definition) is 5. The number of aromatic amines is 1. The maximum atomic E-state index is 13.4. The first kappa shape index (κ1) is 26.6. The molecule has 1 atom stereocenters. The fraction of sp³-hybridized carbons (Fsp3) is 0.542. The fourth-order valence-corrected chi connectivity index (χ4v) is 4.04. The zero-order valence-electron chi connectivity index (χ0n) is 19.9. The minimum absolute atomic E-state index is 0.125. The molecule has 0 saturated heterocycles. The van der Waals surface area contributed by atoms with E-state index >= 15 is 0 Å². The monoisotopic (exact) mass is 476 g/mol. The smallest absolute Gasteiger partial charge is 0.268 e. The Balaban J connectivity index is 2.42. The van der Waals surface area contributed by atoms with Crippen molar-refractivity contribution in [1.29, 1.82) is 0 Å². The van der Waals surface area contributed by atoms with Gasteiger partial charge in [-0.05, 0) is 61.7 Å². The molecule has 2 aromatic rings. The molecule has 0 radical (unpaired) electrons. The third-order valence-corrected chi connectivity index (χ3v) is 5.71. The van der Waals surface area contributed by atoms with Gasteiger partial charge in [0, 0.05) is 6.42 Å². The highest BCUT2D eigenvalue weighted by molar-refractivity contribution is 7.71. The van der Waals surface area contributed by atoms with Gasteiger partial charge in [0.25, 0.3) is 5.91 Å². The second-order valence-electron chi connectivity index (χ2n) is 9.18. The Hall–Kier alpha value is -2.65. The van der Waals surface area contributed by atoms with E-state index in [0.717, 1.165) is 5.56 Å². The van der Waals surface area contributed by atoms with Crippen LogP contribution in [0.15, 0.2) is 30.3 Å². The zero-order chi connectivity index (χ0) is 24.5. The molecule has 0 bridgehead atoms. The highest BCUT2D eigenvalue weighted by Gasteiger charge is 2.34. The van der Waals surface area contributed by atoms with Crippen LogP contribution in [-0.4, -0.2) is 37.8 Å². The second kappa shape index (κ2) is 12.6. The number of benzene rings is 1. The fourth-order valence-electron chi connectivity index (χ4n) is 3.75. The molecule has 8 nitrogen and oxygen atoms in total. The molecule has 0 fully saturated rings. The number of aromatic hydroxyl groups is 1. The summed E-state index contributed by atoms with van der Waals surface area (Å²) in [5, 5.41) is 21.6. The number of rotatable bonds is 12. The van der Waals surface area contributed by atoms with Gasteiger partial charge in [-0.2, -0.15) is 4.68 Å². The molecule has 1 aromatic carbocycles. The average Bonchev–Trinajstić information content (AvgIpc) is 3.04. The van der Waals surface area contributed by atoms with Gasteiger partial charge in [0.1, 0.15) is 6.04 Å². The number of aromatic nitrogens is 2. The van der Waals surface area contributed by atoms with Crippen molar-refractivity contribution < 1.29 is 19.9 Å². The van der Waals surface area contributed by atoms with Gasteiger partial charge < -0.3 is 10.1 Å². The Morgan fingerprint density at radius 3 is 2.36 bits per heavy atom. The van der Waals surface area contributed by atoms with E-state index in [1.54, 1.807) is 5.48 Å². The minimum atomic E-state index is -1.04. The summed E-state index contributed by atoms with van der Waals surface area (Å²) in [6, 6.07) is 8.79. The number of amides is 2. The van der Waals surface area contributed by atoms with E-state index in [1.807, 2.05) is 58.0 Å². The number of carbonyl (C=O) groups is 2. The first-order chi connectivity index (χ1) is 15.6. The first-order valence-electron chi connectivity index (χ1n) is 11.5. The summed E-state index contributed by atoms with van der Waals surface area (Å²) in [5.74, 6) is -0.744. The quantitative estimate of drug-likeness (QED) is 0.208. The minimum Gasteiger partial charge on any atom is -0.492 e. The van der Waals surface area contributed by atoms with Crippen LogP contribution in [0.25, 0.3) is 0 Å². The predicted molar refractivity (Wildman–Crippen MR) is 130 cm³/mol. The molecule has 0 aliphatic carbocycles. The Morgan fingerprint density at radius 1 is 1.12 bits per heavy atom. The summed E-state index contributed by atoms with van der Waals surface area (Å²) in [6.07, 6.45) is 2.89. The van der Waals surface area contributed by atoms with Crippen LogP contribution in [0.4, 0.5) is 0 Å². The number of H-pyrrole nitrogens is 1. The maximum Gasteiger partial charge on any atom is 0.268 e. The number of hydrogen-bond donors (Lipinski definition) is 4. The van der Waals surface area contributed by atoms with E-state index in [-0.39, 0.29) is 41.2 Å². The van der Waals surface area contributed by atoms with E-state index in [1.165, 1.54) is 9.69 Å². The third kappa shape index (κ3) is 7.43. The highest BCUT2D eigenvalue weighted by atomic mass is 32.1. The van der Waals surface area contributed by atoms with Crippen LogP contribution < -0.4 is 10.5 Å². The Labute approximate surface area is 200 Å². The lowest BCUT2D eigenvalue weighted by atomic mass is 10.0. The lowest BCUT2D eigenvalue weighted by Gasteiger charge is -2.31. The molecular weight excluding hydrogens is 440 g/mol. The zero-order valence-corrected chi connectivity index (χ0v) is 20.7. The van der Waals surface area contributed by atoms with E-state index in [9.17, 15) is 19.9 Å². The van der Waals surface area contributed by atoms with Crippen LogP contribution in [0.1, 0.15) is 64.6 Å². The van der Waals surface area contributed by atoms with Crippen molar-refractivity contribution in [2.45, 2.75) is 72.3 Å². The Bertz CT molecular complexity index is 969. The van der Waals surface area contributed by atoms with Crippen molar-refractivity contribution in [1.82, 2.24) is 15.1 Å². The standard InChI is InChI=1S/C24H36N4O4S/c1-16(2)13-14-21(29)27(28-23(31)19(15-17(3)4)25-24(28)33)20(22(30)26-32)12-8-11-18-9-6-5-7-10-18/h5-7,9-10,16-17,20,31-32H,8,11-15H2,1-4H3,(H,25,33)(H,26,30)/t20-/m0/s1. The molecule has 0 saturated carbocycles. The third-order valence-electron chi connectivity index (χ3n) is 5.43. The normalized spacial score (nSPS) is 12.2. The van der Waals surface area contributed by atoms with Crippen LogP contribution in [0, 0.1) is 16.6 Å². The van der Waals surface area contributed by atoms with Gasteiger partial charge in [0.05, 0.1) is 5.69 Å². The van der Waals surface area contributed by atoms with Gasteiger partial charge >= 0.3 is 0 Å². The van der Waals surface area contributed by atoms with Crippen LogP contribution in [0.3, 0.4) is 0 Å². The van der Waals surface area contributed by atoms with Crippen LogP contribution in [0.2, 0.25) is 0 Å². The van der Waals surface area contributed by atoms with Gasteiger partial charge in [-0.25, -0.2) is 10.5 Å². The van der Waals surface area contributed by atoms with Crippen molar-refractivity contribution in [3.8, 4) is 5.88 Å². The number of imidazole rings is 1. The lowest BCUT2D eigenvalue weighted by molar-refractivity contribution is -0.134. The van der Waals surface area contributed by atoms with Crippen molar-refractivity contribution >= 4 is 24.0 Å². The molecule has 0 aliphatic rings. The van der Waals surface area contributed by atoms with Crippen molar-refractivity contribution in [2.75, 3.05) is 5.01 Å². The van der Waals surface area contributed by atoms with Crippen LogP contribution in [-0.2, 0) is 22.4 Å². The molecular formula is C24H36N4O4S. The molecule has 9 heteroatoms. The average molecular weight is 477 g/mol. The molecule has 0 spiro atoms. The van der Waals surface area contributed by atoms with Gasteiger partial charge in [0.2, 0.25) is 11.8 Å². The molecule has 0 aliphatic heterocycles. The van der Waals surface area contributed by atoms with E-state index < -0.39 is 11.9 Å². The molecule has 33 heavy (non-hydrogen) atoms. The van der Waals surface area contributed by atoms with Gasteiger partial charge in [-0.1, -0.05) is 58.0 Å². The molecule has 182 valence electrons. The second-order valence-corrected chi connectivity index (χ2v) is 9.57. The topological polar surface area (TPSA) is 111 Å². The van der Waals surface area contributed by atoms with Crippen molar-refractivity contribution in [3.63, 3.8) is 0 Å². The van der Waals surface area contributed by atoms with Crippen LogP contribution >= 0.6 is 12.2 Å². The largest absolute Gasteiger partial charge is 0.492 e. The summed E-state index contributed by atoms with van der Waals surface area (Å²) >= 11 is 5.43. The van der Waals surface area contributed by atoms with Gasteiger partial charge in [0.15, 0.2) is 4.77 Å². The summed E-state index contributed by atoms with van der Waals surface area (Å²) in [5.41, 5.74) is 3.30. The van der Waals surface area contributed by atoms with E-state index in [0.29, 0.717) is 31.4 Å². The van der Waals surface area contributed by atoms with Gasteiger partial charge in [-0.15, -0.1) is 0 Å². The SMILES string of the molecule is CC(C)CCC(=O)N([C@@H](CCCc1ccccc1)C(=O)NO)n1c(O)c(CC(C)C)[nH]c1=S. The molecule has 2 rings (SSSR count). The molecule has 4 N–H and O–H groups in total. The molecule has 1 heterocycles.